The normalized spacial score (nSPS) is 13.5. The van der Waals surface area contributed by atoms with Gasteiger partial charge in [0.05, 0.1) is 17.2 Å². The summed E-state index contributed by atoms with van der Waals surface area (Å²) in [6, 6.07) is 8.00. The number of benzene rings is 1. The first-order chi connectivity index (χ1) is 11.2. The molecule has 1 aliphatic carbocycles. The average molecular weight is 325 g/mol. The van der Waals surface area contributed by atoms with E-state index in [1.807, 2.05) is 38.1 Å². The highest BCUT2D eigenvalue weighted by Gasteiger charge is 2.21. The molecule has 0 saturated heterocycles. The van der Waals surface area contributed by atoms with Gasteiger partial charge < -0.3 is 10.1 Å². The Hall–Kier alpha value is -2.14. The molecule has 0 saturated carbocycles. The predicted octanol–water partition coefficient (Wildman–Crippen LogP) is 4.71. The second-order valence-corrected chi connectivity index (χ2v) is 7.13. The lowest BCUT2D eigenvalue weighted by molar-refractivity contribution is 0.244. The third-order valence-corrected chi connectivity index (χ3v) is 5.20. The molecule has 0 amide bonds. The van der Waals surface area contributed by atoms with Crippen molar-refractivity contribution in [2.24, 2.45) is 0 Å². The number of hydrogen-bond donors (Lipinski definition) is 1. The highest BCUT2D eigenvalue weighted by molar-refractivity contribution is 7.19. The first-order valence-corrected chi connectivity index (χ1v) is 8.82. The van der Waals surface area contributed by atoms with Crippen LogP contribution >= 0.6 is 11.3 Å². The minimum Gasteiger partial charge on any atom is -0.489 e. The van der Waals surface area contributed by atoms with Gasteiger partial charge in [-0.15, -0.1) is 11.3 Å². The van der Waals surface area contributed by atoms with Crippen LogP contribution in [0.15, 0.2) is 30.6 Å². The molecule has 0 bridgehead atoms. The van der Waals surface area contributed by atoms with E-state index in [0.29, 0.717) is 0 Å². The fourth-order valence-corrected chi connectivity index (χ4v) is 4.31. The van der Waals surface area contributed by atoms with E-state index >= 15 is 0 Å². The Morgan fingerprint density at radius 1 is 1.17 bits per heavy atom. The van der Waals surface area contributed by atoms with E-state index < -0.39 is 0 Å². The molecule has 0 fully saturated rings. The summed E-state index contributed by atoms with van der Waals surface area (Å²) in [7, 11) is 0. The summed E-state index contributed by atoms with van der Waals surface area (Å²) in [5.74, 6) is 1.73. The van der Waals surface area contributed by atoms with Gasteiger partial charge in [0.2, 0.25) is 0 Å². The molecule has 1 N–H and O–H groups in total. The van der Waals surface area contributed by atoms with Crippen molar-refractivity contribution in [1.29, 1.82) is 0 Å². The number of ether oxygens (including phenoxy) is 1. The van der Waals surface area contributed by atoms with Gasteiger partial charge in [-0.3, -0.25) is 0 Å². The van der Waals surface area contributed by atoms with E-state index in [2.05, 4.69) is 15.3 Å². The Bertz CT molecular complexity index is 857. The van der Waals surface area contributed by atoms with Crippen molar-refractivity contribution in [3.8, 4) is 5.75 Å². The monoisotopic (exact) mass is 325 g/mol. The van der Waals surface area contributed by atoms with Crippen LogP contribution in [0.25, 0.3) is 10.2 Å². The summed E-state index contributed by atoms with van der Waals surface area (Å²) in [5.41, 5.74) is 2.37. The third-order valence-electron chi connectivity index (χ3n) is 4.00. The fourth-order valence-electron chi connectivity index (χ4n) is 3.08. The number of rotatable bonds is 4. The van der Waals surface area contributed by atoms with E-state index in [-0.39, 0.29) is 6.10 Å². The van der Waals surface area contributed by atoms with Gasteiger partial charge in [0, 0.05) is 4.88 Å². The number of para-hydroxylation sites is 2. The summed E-state index contributed by atoms with van der Waals surface area (Å²) in [6.45, 7) is 4.07. The van der Waals surface area contributed by atoms with Gasteiger partial charge in [-0.2, -0.15) is 0 Å². The first-order valence-electron chi connectivity index (χ1n) is 8.00. The van der Waals surface area contributed by atoms with Gasteiger partial charge in [-0.25, -0.2) is 9.97 Å². The second-order valence-electron chi connectivity index (χ2n) is 6.05. The maximum atomic E-state index is 5.90. The van der Waals surface area contributed by atoms with Crippen molar-refractivity contribution in [2.45, 2.75) is 39.2 Å². The molecule has 0 radical (unpaired) electrons. The van der Waals surface area contributed by atoms with Crippen molar-refractivity contribution >= 4 is 33.1 Å². The molecule has 3 aromatic rings. The fraction of sp³-hybridized carbons (Fsp3) is 0.333. The smallest absolute Gasteiger partial charge is 0.143 e. The van der Waals surface area contributed by atoms with Crippen LogP contribution in [0.2, 0.25) is 0 Å². The zero-order valence-electron chi connectivity index (χ0n) is 13.3. The van der Waals surface area contributed by atoms with Crippen LogP contribution in [-0.4, -0.2) is 16.1 Å². The standard InChI is InChI=1S/C18H19N3OS/c1-11(2)22-14-8-4-3-7-13(14)21-17-16-12-6-5-9-15(12)23-18(16)20-10-19-17/h3-4,7-8,10-11H,5-6,9H2,1-2H3,(H,19,20,21). The number of nitrogens with one attached hydrogen (secondary N) is 1. The third kappa shape index (κ3) is 2.65. The molecule has 2 aromatic heterocycles. The molecule has 118 valence electrons. The van der Waals surface area contributed by atoms with Crippen LogP contribution in [-0.2, 0) is 12.8 Å². The quantitative estimate of drug-likeness (QED) is 0.754. The highest BCUT2D eigenvalue weighted by atomic mass is 32.1. The van der Waals surface area contributed by atoms with Crippen LogP contribution in [0.5, 0.6) is 5.75 Å². The van der Waals surface area contributed by atoms with Crippen molar-refractivity contribution in [2.75, 3.05) is 5.32 Å². The molecular weight excluding hydrogens is 306 g/mol. The molecule has 0 aliphatic heterocycles. The zero-order chi connectivity index (χ0) is 15.8. The first kappa shape index (κ1) is 14.5. The van der Waals surface area contributed by atoms with Gasteiger partial charge in [0.15, 0.2) is 0 Å². The van der Waals surface area contributed by atoms with E-state index in [0.717, 1.165) is 28.5 Å². The minimum absolute atomic E-state index is 0.133. The SMILES string of the molecule is CC(C)Oc1ccccc1Nc1ncnc2sc3c(c12)CCC3. The summed E-state index contributed by atoms with van der Waals surface area (Å²) in [5, 5.41) is 4.65. The predicted molar refractivity (Wildman–Crippen MR) is 94.9 cm³/mol. The minimum atomic E-state index is 0.133. The van der Waals surface area contributed by atoms with Gasteiger partial charge >= 0.3 is 0 Å². The van der Waals surface area contributed by atoms with E-state index in [1.54, 1.807) is 17.7 Å². The number of thiophene rings is 1. The molecule has 5 heteroatoms. The lowest BCUT2D eigenvalue weighted by atomic mass is 10.2. The number of fused-ring (bicyclic) bond motifs is 3. The maximum absolute atomic E-state index is 5.90. The van der Waals surface area contributed by atoms with Crippen LogP contribution in [0, 0.1) is 0 Å². The van der Waals surface area contributed by atoms with E-state index in [9.17, 15) is 0 Å². The topological polar surface area (TPSA) is 47.0 Å². The molecule has 0 spiro atoms. The van der Waals surface area contributed by atoms with Crippen molar-refractivity contribution in [3.63, 3.8) is 0 Å². The van der Waals surface area contributed by atoms with Crippen molar-refractivity contribution < 1.29 is 4.74 Å². The molecule has 1 aromatic carbocycles. The molecule has 4 nitrogen and oxygen atoms in total. The molecule has 2 heterocycles. The Balaban J connectivity index is 1.77. The van der Waals surface area contributed by atoms with E-state index in [1.165, 1.54) is 28.7 Å². The van der Waals surface area contributed by atoms with Crippen LogP contribution in [0.1, 0.15) is 30.7 Å². The summed E-state index contributed by atoms with van der Waals surface area (Å²) in [4.78, 5) is 11.5. The lowest BCUT2D eigenvalue weighted by Crippen LogP contribution is -2.07. The Labute approximate surface area is 139 Å². The molecule has 0 unspecified atom stereocenters. The Morgan fingerprint density at radius 2 is 2.04 bits per heavy atom. The molecular formula is C18H19N3OS. The number of nitrogens with zero attached hydrogens (tertiary/aromatic N) is 2. The van der Waals surface area contributed by atoms with Crippen molar-refractivity contribution in [3.05, 3.63) is 41.0 Å². The zero-order valence-corrected chi connectivity index (χ0v) is 14.1. The maximum Gasteiger partial charge on any atom is 0.143 e. The van der Waals surface area contributed by atoms with Gasteiger partial charge in [-0.05, 0) is 50.8 Å². The number of aryl methyl sites for hydroxylation is 2. The number of hydrogen-bond acceptors (Lipinski definition) is 5. The highest BCUT2D eigenvalue weighted by Crippen LogP contribution is 2.40. The summed E-state index contributed by atoms with van der Waals surface area (Å²) in [6.07, 6.45) is 5.30. The molecule has 4 rings (SSSR count). The average Bonchev–Trinajstić information content (AvgIpc) is 3.09. The molecule has 23 heavy (non-hydrogen) atoms. The number of aromatic nitrogens is 2. The van der Waals surface area contributed by atoms with Crippen LogP contribution < -0.4 is 10.1 Å². The van der Waals surface area contributed by atoms with Crippen LogP contribution in [0.3, 0.4) is 0 Å². The Morgan fingerprint density at radius 3 is 2.91 bits per heavy atom. The molecule has 0 atom stereocenters. The second kappa shape index (κ2) is 5.81. The van der Waals surface area contributed by atoms with Crippen LogP contribution in [0.4, 0.5) is 11.5 Å². The van der Waals surface area contributed by atoms with E-state index in [4.69, 9.17) is 4.74 Å². The van der Waals surface area contributed by atoms with Gasteiger partial charge in [0.1, 0.15) is 22.7 Å². The lowest BCUT2D eigenvalue weighted by Gasteiger charge is -2.15. The summed E-state index contributed by atoms with van der Waals surface area (Å²) < 4.78 is 5.90. The largest absolute Gasteiger partial charge is 0.489 e. The van der Waals surface area contributed by atoms with Crippen molar-refractivity contribution in [1.82, 2.24) is 9.97 Å². The van der Waals surface area contributed by atoms with Gasteiger partial charge in [0.25, 0.3) is 0 Å². The molecule has 1 aliphatic rings. The summed E-state index contributed by atoms with van der Waals surface area (Å²) >= 11 is 1.80. The van der Waals surface area contributed by atoms with Gasteiger partial charge in [-0.1, -0.05) is 12.1 Å². The number of anilines is 2. The Kier molecular flexibility index (Phi) is 3.65.